The molecule has 3 aromatic heterocycles. The van der Waals surface area contributed by atoms with Crippen LogP contribution in [-0.2, 0) is 0 Å². The Morgan fingerprint density at radius 1 is 0.296 bits per heavy atom. The molecule has 0 fully saturated rings. The van der Waals surface area contributed by atoms with E-state index in [1.165, 1.54) is 38.4 Å². The lowest BCUT2D eigenvalue weighted by molar-refractivity contribution is 0.668. The quantitative estimate of drug-likeness (QED) is 0.152. The first-order valence-corrected chi connectivity index (χ1v) is 24.2. The van der Waals surface area contributed by atoms with Crippen molar-refractivity contribution in [2.45, 2.75) is 13.8 Å². The van der Waals surface area contributed by atoms with E-state index in [-0.39, 0.29) is 0 Å². The van der Waals surface area contributed by atoms with Crippen molar-refractivity contribution < 1.29 is 8.83 Å². The molecule has 3 heterocycles. The van der Waals surface area contributed by atoms with Crippen LogP contribution in [0.25, 0.3) is 93.3 Å². The van der Waals surface area contributed by atoms with Crippen LogP contribution in [0.15, 0.2) is 245 Å². The van der Waals surface area contributed by atoms with Gasteiger partial charge >= 0.3 is 0 Å². The molecule has 0 amide bonds. The fourth-order valence-electron chi connectivity index (χ4n) is 10.7. The molecule has 0 saturated carbocycles. The minimum atomic E-state index is 0.858. The molecule has 0 N–H and O–H groups in total. The van der Waals surface area contributed by atoms with Crippen molar-refractivity contribution in [1.29, 1.82) is 0 Å². The van der Waals surface area contributed by atoms with Crippen molar-refractivity contribution in [2.75, 3.05) is 9.80 Å². The summed E-state index contributed by atoms with van der Waals surface area (Å²) in [5.74, 6) is 0. The van der Waals surface area contributed by atoms with Gasteiger partial charge in [0.1, 0.15) is 22.3 Å². The van der Waals surface area contributed by atoms with Crippen molar-refractivity contribution >= 4 is 111 Å². The van der Waals surface area contributed by atoms with Crippen LogP contribution >= 0.6 is 0 Å². The Kier molecular flexibility index (Phi) is 9.26. The van der Waals surface area contributed by atoms with Crippen molar-refractivity contribution in [3.05, 3.63) is 248 Å². The third-order valence-corrected chi connectivity index (χ3v) is 14.3. The van der Waals surface area contributed by atoms with E-state index in [1.807, 2.05) is 24.3 Å². The number of aryl methyl sites for hydroxylation is 2. The van der Waals surface area contributed by atoms with Gasteiger partial charge < -0.3 is 23.2 Å². The van der Waals surface area contributed by atoms with E-state index in [0.29, 0.717) is 0 Å². The van der Waals surface area contributed by atoms with Gasteiger partial charge in [-0.3, -0.25) is 0 Å². The summed E-state index contributed by atoms with van der Waals surface area (Å²) in [6, 6.07) is 85.3. The predicted molar refractivity (Wildman–Crippen MR) is 297 cm³/mol. The highest BCUT2D eigenvalue weighted by Gasteiger charge is 2.21. The first kappa shape index (κ1) is 40.7. The normalized spacial score (nSPS) is 11.8. The Balaban J connectivity index is 0.969. The molecule has 0 atom stereocenters. The Morgan fingerprint density at radius 3 is 1.34 bits per heavy atom. The molecule has 0 aliphatic carbocycles. The fourth-order valence-corrected chi connectivity index (χ4v) is 10.7. The van der Waals surface area contributed by atoms with Gasteiger partial charge in [0.05, 0.1) is 11.0 Å². The molecule has 0 spiro atoms. The van der Waals surface area contributed by atoms with E-state index in [1.54, 1.807) is 0 Å². The molecule has 0 saturated heterocycles. The third kappa shape index (κ3) is 6.85. The summed E-state index contributed by atoms with van der Waals surface area (Å²) in [6.07, 6.45) is 0. The van der Waals surface area contributed by atoms with Gasteiger partial charge in [0.25, 0.3) is 0 Å². The predicted octanol–water partition coefficient (Wildman–Crippen LogP) is 19.0. The Labute approximate surface area is 410 Å². The molecule has 71 heavy (non-hydrogen) atoms. The van der Waals surface area contributed by atoms with Crippen molar-refractivity contribution in [3.8, 4) is 16.8 Å². The molecule has 14 aromatic rings. The van der Waals surface area contributed by atoms with Gasteiger partial charge in [-0.05, 0) is 145 Å². The average molecular weight is 912 g/mol. The first-order valence-electron chi connectivity index (χ1n) is 24.2. The standard InChI is InChI=1S/C66H45N3O2/c1-42-16-23-48(24-17-42)67(53-31-34-58-56-12-6-8-14-63(56)70-65(58)40-53)51-29-22-46-37-60-55-33-30-52(39-62(55)69(61(60)38-47(46)36-51)50-27-20-45(21-28-50)44-10-4-3-5-11-44)68(49-25-18-43(2)19-26-49)54-32-35-59-57-13-7-9-15-64(57)71-66(59)41-54/h3-41H,1-2H3. The molecule has 0 aliphatic heterocycles. The number of benzene rings is 11. The number of hydrogen-bond donors (Lipinski definition) is 0. The minimum absolute atomic E-state index is 0.858. The molecule has 0 radical (unpaired) electrons. The number of rotatable bonds is 8. The summed E-state index contributed by atoms with van der Waals surface area (Å²) in [6.45, 7) is 4.27. The van der Waals surface area contributed by atoms with E-state index in [4.69, 9.17) is 8.83 Å². The summed E-state index contributed by atoms with van der Waals surface area (Å²) in [5.41, 5.74) is 17.9. The zero-order valence-electron chi connectivity index (χ0n) is 39.2. The number of anilines is 6. The van der Waals surface area contributed by atoms with Crippen molar-refractivity contribution in [1.82, 2.24) is 4.57 Å². The maximum absolute atomic E-state index is 6.47. The van der Waals surface area contributed by atoms with Crippen LogP contribution < -0.4 is 9.80 Å². The van der Waals surface area contributed by atoms with Crippen LogP contribution in [0.2, 0.25) is 0 Å². The lowest BCUT2D eigenvalue weighted by Crippen LogP contribution is -2.10. The highest BCUT2D eigenvalue weighted by Crippen LogP contribution is 2.44. The van der Waals surface area contributed by atoms with E-state index < -0.39 is 0 Å². The SMILES string of the molecule is Cc1ccc(N(c2ccc3cc4c5ccc(N(c6ccc(C)cc6)c6ccc7c(c6)oc6ccccc67)cc5n(-c5ccc(-c6ccccc6)cc5)c4cc3c2)c2ccc3c(c2)oc2ccccc23)cc1. The first-order chi connectivity index (χ1) is 35.0. The van der Waals surface area contributed by atoms with Crippen LogP contribution in [0.5, 0.6) is 0 Å². The summed E-state index contributed by atoms with van der Waals surface area (Å²) < 4.78 is 15.3. The Morgan fingerprint density at radius 2 is 0.746 bits per heavy atom. The van der Waals surface area contributed by atoms with Crippen LogP contribution in [0.3, 0.4) is 0 Å². The number of para-hydroxylation sites is 2. The van der Waals surface area contributed by atoms with Gasteiger partial charge in [-0.25, -0.2) is 0 Å². The molecule has 336 valence electrons. The smallest absolute Gasteiger partial charge is 0.137 e. The number of aromatic nitrogens is 1. The lowest BCUT2D eigenvalue weighted by Gasteiger charge is -2.26. The average Bonchev–Trinajstić information content (AvgIpc) is 4.08. The number of furan rings is 2. The summed E-state index contributed by atoms with van der Waals surface area (Å²) in [7, 11) is 0. The van der Waals surface area contributed by atoms with Gasteiger partial charge in [-0.2, -0.15) is 0 Å². The second-order valence-electron chi connectivity index (χ2n) is 18.7. The molecule has 11 aromatic carbocycles. The summed E-state index contributed by atoms with van der Waals surface area (Å²) >= 11 is 0. The lowest BCUT2D eigenvalue weighted by atomic mass is 10.0. The van der Waals surface area contributed by atoms with Crippen LogP contribution in [0, 0.1) is 13.8 Å². The zero-order chi connectivity index (χ0) is 47.2. The summed E-state index contributed by atoms with van der Waals surface area (Å²) in [5, 5.41) is 9.13. The third-order valence-electron chi connectivity index (χ3n) is 14.3. The van der Waals surface area contributed by atoms with Crippen LogP contribution in [-0.4, -0.2) is 4.57 Å². The topological polar surface area (TPSA) is 37.7 Å². The second-order valence-corrected chi connectivity index (χ2v) is 18.7. The largest absolute Gasteiger partial charge is 0.456 e. The van der Waals surface area contributed by atoms with Gasteiger partial charge in [-0.1, -0.05) is 126 Å². The monoisotopic (exact) mass is 911 g/mol. The highest BCUT2D eigenvalue weighted by atomic mass is 16.3. The molecule has 0 bridgehead atoms. The van der Waals surface area contributed by atoms with Gasteiger partial charge in [0.15, 0.2) is 0 Å². The Hall–Kier alpha value is -9.32. The van der Waals surface area contributed by atoms with E-state index in [0.717, 1.165) is 100 Å². The minimum Gasteiger partial charge on any atom is -0.456 e. The molecular formula is C66H45N3O2. The van der Waals surface area contributed by atoms with Crippen LogP contribution in [0.1, 0.15) is 11.1 Å². The fraction of sp³-hybridized carbons (Fsp3) is 0.0303. The van der Waals surface area contributed by atoms with Gasteiger partial charge in [0, 0.05) is 84.3 Å². The Bertz CT molecular complexity index is 4350. The van der Waals surface area contributed by atoms with Crippen LogP contribution in [0.4, 0.5) is 34.1 Å². The maximum Gasteiger partial charge on any atom is 0.137 e. The molecule has 0 unspecified atom stereocenters. The number of hydrogen-bond acceptors (Lipinski definition) is 4. The van der Waals surface area contributed by atoms with E-state index >= 15 is 0 Å². The van der Waals surface area contributed by atoms with E-state index in [9.17, 15) is 0 Å². The second kappa shape index (κ2) is 16.2. The summed E-state index contributed by atoms with van der Waals surface area (Å²) in [4.78, 5) is 4.68. The molecular weight excluding hydrogens is 867 g/mol. The van der Waals surface area contributed by atoms with Crippen molar-refractivity contribution in [2.24, 2.45) is 0 Å². The number of fused-ring (bicyclic) bond motifs is 10. The van der Waals surface area contributed by atoms with Crippen molar-refractivity contribution in [3.63, 3.8) is 0 Å². The van der Waals surface area contributed by atoms with E-state index in [2.05, 4.69) is 241 Å². The molecule has 14 rings (SSSR count). The molecule has 0 aliphatic rings. The molecule has 5 heteroatoms. The highest BCUT2D eigenvalue weighted by molar-refractivity contribution is 6.15. The van der Waals surface area contributed by atoms with Gasteiger partial charge in [-0.15, -0.1) is 0 Å². The molecule has 5 nitrogen and oxygen atoms in total. The number of nitrogens with zero attached hydrogens (tertiary/aromatic N) is 3. The van der Waals surface area contributed by atoms with Gasteiger partial charge in [0.2, 0.25) is 0 Å². The zero-order valence-corrected chi connectivity index (χ0v) is 39.2. The maximum atomic E-state index is 6.47.